The van der Waals surface area contributed by atoms with Gasteiger partial charge in [-0.25, -0.2) is 9.97 Å². The summed E-state index contributed by atoms with van der Waals surface area (Å²) in [6, 6.07) is 13.9. The van der Waals surface area contributed by atoms with Gasteiger partial charge in [0.15, 0.2) is 0 Å². The van der Waals surface area contributed by atoms with E-state index < -0.39 is 0 Å². The number of hydrogen-bond donors (Lipinski definition) is 0. The monoisotopic (exact) mass is 330 g/mol. The van der Waals surface area contributed by atoms with Gasteiger partial charge in [0.05, 0.1) is 0 Å². The van der Waals surface area contributed by atoms with Crippen molar-refractivity contribution in [1.29, 1.82) is 0 Å². The van der Waals surface area contributed by atoms with Gasteiger partial charge >= 0.3 is 0 Å². The molecule has 1 aliphatic rings. The molecule has 0 unspecified atom stereocenters. The number of benzene rings is 1. The third-order valence-corrected chi connectivity index (χ3v) is 4.40. The molecule has 3 heterocycles. The Kier molecular flexibility index (Phi) is 4.12. The molecule has 5 heteroatoms. The van der Waals surface area contributed by atoms with Crippen molar-refractivity contribution in [3.05, 3.63) is 84.6 Å². The fraction of sp³-hybridized carbons (Fsp3) is 0.150. The largest absolute Gasteiger partial charge is 0.335 e. The molecule has 1 amide bonds. The Morgan fingerprint density at radius 3 is 2.68 bits per heavy atom. The maximum absolute atomic E-state index is 12.8. The SMILES string of the molecule is O=C(c1ccnc(-n2ccnc2)c1)N1CC=C(c2ccccc2)CC1. The maximum Gasteiger partial charge on any atom is 0.254 e. The predicted octanol–water partition coefficient (Wildman–Crippen LogP) is 3.20. The first-order chi connectivity index (χ1) is 12.3. The predicted molar refractivity (Wildman–Crippen MR) is 96.3 cm³/mol. The Morgan fingerprint density at radius 1 is 1.08 bits per heavy atom. The van der Waals surface area contributed by atoms with Gasteiger partial charge < -0.3 is 4.90 Å². The summed E-state index contributed by atoms with van der Waals surface area (Å²) in [6.07, 6.45) is 9.86. The van der Waals surface area contributed by atoms with Crippen LogP contribution in [0, 0.1) is 0 Å². The van der Waals surface area contributed by atoms with E-state index >= 15 is 0 Å². The van der Waals surface area contributed by atoms with Gasteiger partial charge in [-0.1, -0.05) is 36.4 Å². The van der Waals surface area contributed by atoms with Crippen molar-refractivity contribution in [2.45, 2.75) is 6.42 Å². The van der Waals surface area contributed by atoms with Crippen LogP contribution in [0.5, 0.6) is 0 Å². The van der Waals surface area contributed by atoms with Crippen LogP contribution in [0.3, 0.4) is 0 Å². The lowest BCUT2D eigenvalue weighted by atomic mass is 9.99. The van der Waals surface area contributed by atoms with Crippen molar-refractivity contribution in [3.8, 4) is 5.82 Å². The van der Waals surface area contributed by atoms with E-state index in [1.54, 1.807) is 35.4 Å². The smallest absolute Gasteiger partial charge is 0.254 e. The summed E-state index contributed by atoms with van der Waals surface area (Å²) in [6.45, 7) is 1.36. The number of hydrogen-bond acceptors (Lipinski definition) is 3. The van der Waals surface area contributed by atoms with Crippen molar-refractivity contribution < 1.29 is 4.79 Å². The van der Waals surface area contributed by atoms with Crippen LogP contribution < -0.4 is 0 Å². The summed E-state index contributed by atoms with van der Waals surface area (Å²) in [7, 11) is 0. The average Bonchev–Trinajstić information content (AvgIpc) is 3.23. The summed E-state index contributed by atoms with van der Waals surface area (Å²) in [5, 5.41) is 0. The molecule has 0 N–H and O–H groups in total. The van der Waals surface area contributed by atoms with Crippen LogP contribution in [-0.4, -0.2) is 38.4 Å². The molecule has 0 bridgehead atoms. The molecular weight excluding hydrogens is 312 g/mol. The zero-order valence-corrected chi connectivity index (χ0v) is 13.7. The van der Waals surface area contributed by atoms with E-state index in [4.69, 9.17) is 0 Å². The quantitative estimate of drug-likeness (QED) is 0.741. The van der Waals surface area contributed by atoms with Gasteiger partial charge in [-0.2, -0.15) is 0 Å². The summed E-state index contributed by atoms with van der Waals surface area (Å²) >= 11 is 0. The van der Waals surface area contributed by atoms with Gasteiger partial charge in [0.25, 0.3) is 5.91 Å². The van der Waals surface area contributed by atoms with Crippen molar-refractivity contribution >= 4 is 11.5 Å². The minimum atomic E-state index is 0.0344. The van der Waals surface area contributed by atoms with Gasteiger partial charge in [-0.3, -0.25) is 9.36 Å². The van der Waals surface area contributed by atoms with Crippen LogP contribution in [0.1, 0.15) is 22.3 Å². The highest BCUT2D eigenvalue weighted by molar-refractivity contribution is 5.95. The molecule has 0 spiro atoms. The Hall–Kier alpha value is -3.21. The summed E-state index contributed by atoms with van der Waals surface area (Å²) in [5.41, 5.74) is 3.19. The number of rotatable bonds is 3. The molecule has 0 saturated carbocycles. The van der Waals surface area contributed by atoms with Crippen molar-refractivity contribution in [3.63, 3.8) is 0 Å². The van der Waals surface area contributed by atoms with Crippen LogP contribution in [-0.2, 0) is 0 Å². The zero-order chi connectivity index (χ0) is 17.1. The number of amides is 1. The van der Waals surface area contributed by atoms with Crippen molar-refractivity contribution in [2.24, 2.45) is 0 Å². The van der Waals surface area contributed by atoms with Gasteiger partial charge in [-0.05, 0) is 29.7 Å². The second-order valence-electron chi connectivity index (χ2n) is 5.97. The molecule has 124 valence electrons. The first kappa shape index (κ1) is 15.3. The van der Waals surface area contributed by atoms with E-state index in [-0.39, 0.29) is 5.91 Å². The summed E-state index contributed by atoms with van der Waals surface area (Å²) in [5.74, 6) is 0.730. The summed E-state index contributed by atoms with van der Waals surface area (Å²) < 4.78 is 1.79. The minimum absolute atomic E-state index is 0.0344. The van der Waals surface area contributed by atoms with Crippen LogP contribution in [0.25, 0.3) is 11.4 Å². The number of nitrogens with zero attached hydrogens (tertiary/aromatic N) is 4. The van der Waals surface area contributed by atoms with E-state index in [0.29, 0.717) is 17.9 Å². The van der Waals surface area contributed by atoms with Crippen molar-refractivity contribution in [1.82, 2.24) is 19.4 Å². The summed E-state index contributed by atoms with van der Waals surface area (Å²) in [4.78, 5) is 23.0. The fourth-order valence-corrected chi connectivity index (χ4v) is 3.04. The second-order valence-corrected chi connectivity index (χ2v) is 5.97. The molecule has 1 aliphatic heterocycles. The van der Waals surface area contributed by atoms with Crippen LogP contribution >= 0.6 is 0 Å². The lowest BCUT2D eigenvalue weighted by Crippen LogP contribution is -2.34. The first-order valence-electron chi connectivity index (χ1n) is 8.29. The molecule has 0 radical (unpaired) electrons. The van der Waals surface area contributed by atoms with Crippen LogP contribution in [0.4, 0.5) is 0 Å². The van der Waals surface area contributed by atoms with E-state index in [1.807, 2.05) is 29.3 Å². The molecule has 2 aromatic heterocycles. The second kappa shape index (κ2) is 6.73. The lowest BCUT2D eigenvalue weighted by molar-refractivity contribution is 0.0772. The highest BCUT2D eigenvalue weighted by Crippen LogP contribution is 2.23. The maximum atomic E-state index is 12.8. The van der Waals surface area contributed by atoms with E-state index in [2.05, 4.69) is 28.2 Å². The Balaban J connectivity index is 1.51. The molecule has 1 aromatic carbocycles. The fourth-order valence-electron chi connectivity index (χ4n) is 3.04. The van der Waals surface area contributed by atoms with Gasteiger partial charge in [0.2, 0.25) is 0 Å². The van der Waals surface area contributed by atoms with Gasteiger partial charge in [0.1, 0.15) is 12.1 Å². The normalized spacial score (nSPS) is 14.2. The lowest BCUT2D eigenvalue weighted by Gasteiger charge is -2.27. The molecular formula is C20H18N4O. The number of carbonyl (C=O) groups excluding carboxylic acids is 1. The van der Waals surface area contributed by atoms with Crippen LogP contribution in [0.15, 0.2) is 73.5 Å². The first-order valence-corrected chi connectivity index (χ1v) is 8.29. The van der Waals surface area contributed by atoms with Crippen LogP contribution in [0.2, 0.25) is 0 Å². The minimum Gasteiger partial charge on any atom is -0.335 e. The molecule has 0 saturated heterocycles. The third-order valence-electron chi connectivity index (χ3n) is 4.40. The molecule has 3 aromatic rings. The molecule has 0 atom stereocenters. The highest BCUT2D eigenvalue weighted by atomic mass is 16.2. The number of pyridine rings is 1. The van der Waals surface area contributed by atoms with E-state index in [0.717, 1.165) is 13.0 Å². The molecule has 0 fully saturated rings. The molecule has 25 heavy (non-hydrogen) atoms. The molecule has 4 rings (SSSR count). The Morgan fingerprint density at radius 2 is 1.96 bits per heavy atom. The number of imidazole rings is 1. The number of carbonyl (C=O) groups is 1. The van der Waals surface area contributed by atoms with E-state index in [9.17, 15) is 4.79 Å². The van der Waals surface area contributed by atoms with Crippen molar-refractivity contribution in [2.75, 3.05) is 13.1 Å². The van der Waals surface area contributed by atoms with Gasteiger partial charge in [-0.15, -0.1) is 0 Å². The molecule has 5 nitrogen and oxygen atoms in total. The van der Waals surface area contributed by atoms with Gasteiger partial charge in [0, 0.05) is 37.2 Å². The third kappa shape index (κ3) is 3.21. The molecule has 0 aliphatic carbocycles. The highest BCUT2D eigenvalue weighted by Gasteiger charge is 2.19. The Labute approximate surface area is 146 Å². The zero-order valence-electron chi connectivity index (χ0n) is 13.7. The standard InChI is InChI=1S/C20H18N4O/c25-20(18-6-9-22-19(14-18)24-13-10-21-15-24)23-11-7-17(8-12-23)16-4-2-1-3-5-16/h1-7,9-10,13-15H,8,11-12H2. The Bertz CT molecular complexity index is 900. The van der Waals surface area contributed by atoms with E-state index in [1.165, 1.54) is 11.1 Å². The number of aromatic nitrogens is 3. The topological polar surface area (TPSA) is 51.0 Å². The average molecular weight is 330 g/mol.